The highest BCUT2D eigenvalue weighted by atomic mass is 32.2. The summed E-state index contributed by atoms with van der Waals surface area (Å²) >= 11 is 0. The summed E-state index contributed by atoms with van der Waals surface area (Å²) < 4.78 is 27.0. The number of rotatable bonds is 5. The van der Waals surface area contributed by atoms with Crippen molar-refractivity contribution >= 4 is 15.9 Å². The molecule has 0 fully saturated rings. The number of sulfone groups is 1. The van der Waals surface area contributed by atoms with Crippen LogP contribution >= 0.6 is 0 Å². The van der Waals surface area contributed by atoms with E-state index in [1.165, 1.54) is 18.2 Å². The van der Waals surface area contributed by atoms with E-state index in [0.717, 1.165) is 11.1 Å². The highest BCUT2D eigenvalue weighted by Gasteiger charge is 2.20. The summed E-state index contributed by atoms with van der Waals surface area (Å²) in [6, 6.07) is 18.0. The lowest BCUT2D eigenvalue weighted by Gasteiger charge is -2.03. The average molecular weight is 363 g/mol. The molecular formula is C20H17N3O2S. The second kappa shape index (κ2) is 7.38. The summed E-state index contributed by atoms with van der Waals surface area (Å²) in [5.41, 5.74) is 2.60. The quantitative estimate of drug-likeness (QED) is 0.649. The Labute approximate surface area is 152 Å². The van der Waals surface area contributed by atoms with Crippen molar-refractivity contribution in [2.24, 2.45) is 0 Å². The molecule has 0 unspecified atom stereocenters. The van der Waals surface area contributed by atoms with Crippen molar-refractivity contribution in [2.75, 3.05) is 0 Å². The van der Waals surface area contributed by atoms with Crippen molar-refractivity contribution in [1.29, 1.82) is 5.26 Å². The molecule has 0 bridgehead atoms. The summed E-state index contributed by atoms with van der Waals surface area (Å²) in [7, 11) is -3.85. The van der Waals surface area contributed by atoms with E-state index in [1.54, 1.807) is 35.3 Å². The number of aromatic nitrogens is 2. The minimum Gasteiger partial charge on any atom is -0.268 e. The molecule has 3 aromatic rings. The number of benzene rings is 2. The first-order chi connectivity index (χ1) is 12.5. The molecule has 0 aliphatic rings. The summed E-state index contributed by atoms with van der Waals surface area (Å²) in [5, 5.41) is 13.6. The summed E-state index contributed by atoms with van der Waals surface area (Å²) in [6.45, 7) is 2.44. The van der Waals surface area contributed by atoms with Gasteiger partial charge in [0.15, 0.2) is 0 Å². The van der Waals surface area contributed by atoms with E-state index in [-0.39, 0.29) is 9.80 Å². The monoisotopic (exact) mass is 363 g/mol. The molecule has 2 aromatic carbocycles. The molecule has 0 amide bonds. The van der Waals surface area contributed by atoms with E-state index in [2.05, 4.69) is 5.10 Å². The Bertz CT molecular complexity index is 1070. The van der Waals surface area contributed by atoms with E-state index in [9.17, 15) is 13.7 Å². The van der Waals surface area contributed by atoms with Gasteiger partial charge in [0.2, 0.25) is 9.84 Å². The summed E-state index contributed by atoms with van der Waals surface area (Å²) in [4.78, 5) is -0.201. The minimum absolute atomic E-state index is 0.104. The Hall–Kier alpha value is -3.17. The van der Waals surface area contributed by atoms with Gasteiger partial charge in [-0.25, -0.2) is 8.42 Å². The number of allylic oxidation sites excluding steroid dienone is 1. The minimum atomic E-state index is -3.85. The number of nitrogens with zero attached hydrogens (tertiary/aromatic N) is 3. The maximum absolute atomic E-state index is 12.7. The first kappa shape index (κ1) is 17.6. The standard InChI is InChI=1S/C20H17N3O2S/c1-16-7-9-19(10-8-16)26(24,25)20(12-21)11-18-13-22-23(15-18)14-17-5-3-2-4-6-17/h2-11,13,15H,14H2,1H3/b20-11-. The Kier molecular flexibility index (Phi) is 5.01. The van der Waals surface area contributed by atoms with Gasteiger partial charge in [0.1, 0.15) is 11.0 Å². The third-order valence-corrected chi connectivity index (χ3v) is 5.55. The lowest BCUT2D eigenvalue weighted by Crippen LogP contribution is -2.03. The molecule has 1 aromatic heterocycles. The van der Waals surface area contributed by atoms with Crippen LogP contribution in [0.1, 0.15) is 16.7 Å². The molecule has 6 heteroatoms. The molecule has 1 heterocycles. The molecule has 0 saturated carbocycles. The van der Waals surface area contributed by atoms with Gasteiger partial charge < -0.3 is 0 Å². The Morgan fingerprint density at radius 2 is 1.85 bits per heavy atom. The lowest BCUT2D eigenvalue weighted by atomic mass is 10.2. The van der Waals surface area contributed by atoms with Gasteiger partial charge in [0, 0.05) is 11.8 Å². The molecule has 130 valence electrons. The molecule has 0 spiro atoms. The molecule has 3 rings (SSSR count). The van der Waals surface area contributed by atoms with Crippen LogP contribution < -0.4 is 0 Å². The van der Waals surface area contributed by atoms with E-state index < -0.39 is 9.84 Å². The largest absolute Gasteiger partial charge is 0.268 e. The van der Waals surface area contributed by atoms with Gasteiger partial charge >= 0.3 is 0 Å². The molecule has 0 N–H and O–H groups in total. The van der Waals surface area contributed by atoms with Gasteiger partial charge in [-0.1, -0.05) is 48.0 Å². The molecule has 0 saturated heterocycles. The predicted octanol–water partition coefficient (Wildman–Crippen LogP) is 3.58. The number of aryl methyl sites for hydroxylation is 1. The fraction of sp³-hybridized carbons (Fsp3) is 0.100. The van der Waals surface area contributed by atoms with Crippen LogP contribution in [-0.2, 0) is 16.4 Å². The maximum Gasteiger partial charge on any atom is 0.216 e. The van der Waals surface area contributed by atoms with Crippen molar-refractivity contribution in [3.05, 3.63) is 88.6 Å². The second-order valence-corrected chi connectivity index (χ2v) is 7.81. The lowest BCUT2D eigenvalue weighted by molar-refractivity contribution is 0.603. The van der Waals surface area contributed by atoms with Crippen molar-refractivity contribution in [3.8, 4) is 6.07 Å². The van der Waals surface area contributed by atoms with Crippen LogP contribution in [0.5, 0.6) is 0 Å². The Balaban J connectivity index is 1.88. The Morgan fingerprint density at radius 1 is 1.15 bits per heavy atom. The average Bonchev–Trinajstić information content (AvgIpc) is 3.08. The SMILES string of the molecule is Cc1ccc(S(=O)(=O)/C(C#N)=C\c2cnn(Cc3ccccc3)c2)cc1. The zero-order valence-electron chi connectivity index (χ0n) is 14.2. The van der Waals surface area contributed by atoms with Crippen LogP contribution in [0.4, 0.5) is 0 Å². The fourth-order valence-electron chi connectivity index (χ4n) is 2.48. The normalized spacial score (nSPS) is 11.9. The molecule has 0 aliphatic heterocycles. The zero-order valence-corrected chi connectivity index (χ0v) is 15.0. The fourth-order valence-corrected chi connectivity index (χ4v) is 3.64. The molecule has 5 nitrogen and oxygen atoms in total. The highest BCUT2D eigenvalue weighted by molar-refractivity contribution is 7.95. The van der Waals surface area contributed by atoms with Crippen LogP contribution in [0, 0.1) is 18.3 Å². The Morgan fingerprint density at radius 3 is 2.50 bits per heavy atom. The third kappa shape index (κ3) is 3.90. The van der Waals surface area contributed by atoms with Crippen LogP contribution in [0.15, 0.2) is 76.8 Å². The molecule has 0 atom stereocenters. The van der Waals surface area contributed by atoms with Gasteiger partial charge in [-0.2, -0.15) is 10.4 Å². The van der Waals surface area contributed by atoms with Gasteiger partial charge in [-0.3, -0.25) is 4.68 Å². The van der Waals surface area contributed by atoms with Crippen molar-refractivity contribution in [1.82, 2.24) is 9.78 Å². The summed E-state index contributed by atoms with van der Waals surface area (Å²) in [5.74, 6) is 0. The van der Waals surface area contributed by atoms with E-state index in [4.69, 9.17) is 0 Å². The molecule has 0 aliphatic carbocycles. The van der Waals surface area contributed by atoms with Gasteiger partial charge in [0.25, 0.3) is 0 Å². The predicted molar refractivity (Wildman–Crippen MR) is 99.7 cm³/mol. The van der Waals surface area contributed by atoms with Crippen molar-refractivity contribution < 1.29 is 8.42 Å². The topological polar surface area (TPSA) is 75.8 Å². The van der Waals surface area contributed by atoms with Crippen molar-refractivity contribution in [2.45, 2.75) is 18.4 Å². The highest BCUT2D eigenvalue weighted by Crippen LogP contribution is 2.21. The smallest absolute Gasteiger partial charge is 0.216 e. The first-order valence-electron chi connectivity index (χ1n) is 7.99. The van der Waals surface area contributed by atoms with Crippen molar-refractivity contribution in [3.63, 3.8) is 0 Å². The molecule has 26 heavy (non-hydrogen) atoms. The van der Waals surface area contributed by atoms with Crippen LogP contribution in [-0.4, -0.2) is 18.2 Å². The van der Waals surface area contributed by atoms with E-state index in [0.29, 0.717) is 12.1 Å². The second-order valence-electron chi connectivity index (χ2n) is 5.89. The molecule has 0 radical (unpaired) electrons. The maximum atomic E-state index is 12.7. The zero-order chi connectivity index (χ0) is 18.6. The number of hydrogen-bond acceptors (Lipinski definition) is 4. The van der Waals surface area contributed by atoms with Gasteiger partial charge in [-0.15, -0.1) is 0 Å². The van der Waals surface area contributed by atoms with E-state index in [1.807, 2.05) is 37.3 Å². The third-order valence-electron chi connectivity index (χ3n) is 3.87. The van der Waals surface area contributed by atoms with Gasteiger partial charge in [0.05, 0.1) is 17.6 Å². The van der Waals surface area contributed by atoms with Crippen LogP contribution in [0.2, 0.25) is 0 Å². The number of nitriles is 1. The van der Waals surface area contributed by atoms with Gasteiger partial charge in [-0.05, 0) is 30.7 Å². The van der Waals surface area contributed by atoms with Crippen LogP contribution in [0.25, 0.3) is 6.08 Å². The summed E-state index contributed by atoms with van der Waals surface area (Å²) in [6.07, 6.45) is 4.61. The van der Waals surface area contributed by atoms with Crippen LogP contribution in [0.3, 0.4) is 0 Å². The first-order valence-corrected chi connectivity index (χ1v) is 9.47. The molecular weight excluding hydrogens is 346 g/mol. The van der Waals surface area contributed by atoms with E-state index >= 15 is 0 Å². The number of hydrogen-bond donors (Lipinski definition) is 0.